The number of carbonyl (C=O) groups is 1. The number of hydrogen-bond acceptors (Lipinski definition) is 3. The van der Waals surface area contributed by atoms with E-state index in [9.17, 15) is 13.2 Å². The summed E-state index contributed by atoms with van der Waals surface area (Å²) in [5.74, 6) is 0. The first-order valence-corrected chi connectivity index (χ1v) is 10.5. The molecule has 3 rings (SSSR count). The number of piperidine rings is 1. The van der Waals surface area contributed by atoms with E-state index < -0.39 is 10.0 Å². The van der Waals surface area contributed by atoms with Gasteiger partial charge in [-0.1, -0.05) is 15.9 Å². The van der Waals surface area contributed by atoms with Gasteiger partial charge in [-0.3, -0.25) is 0 Å². The van der Waals surface area contributed by atoms with Gasteiger partial charge < -0.3 is 9.80 Å². The average Bonchev–Trinajstić information content (AvgIpc) is 2.62. The quantitative estimate of drug-likeness (QED) is 0.744. The van der Waals surface area contributed by atoms with E-state index >= 15 is 0 Å². The lowest BCUT2D eigenvalue weighted by molar-refractivity contribution is 0.126. The molecule has 0 bridgehead atoms. The minimum Gasteiger partial charge on any atom is -0.325 e. The Balaban J connectivity index is 1.62. The number of benzene rings is 1. The van der Waals surface area contributed by atoms with Gasteiger partial charge in [-0.25, -0.2) is 13.2 Å². The first-order valence-electron chi connectivity index (χ1n) is 8.28. The molecule has 6 nitrogen and oxygen atoms in total. The van der Waals surface area contributed by atoms with Gasteiger partial charge in [-0.05, 0) is 43.5 Å². The lowest BCUT2D eigenvalue weighted by atomic mass is 10.1. The van der Waals surface area contributed by atoms with Crippen molar-refractivity contribution in [2.24, 2.45) is 0 Å². The normalized spacial score (nSPS) is 20.2. The van der Waals surface area contributed by atoms with Gasteiger partial charge in [-0.2, -0.15) is 4.31 Å². The van der Waals surface area contributed by atoms with E-state index in [2.05, 4.69) is 15.9 Å². The van der Waals surface area contributed by atoms with Crippen LogP contribution < -0.4 is 0 Å². The van der Waals surface area contributed by atoms with E-state index in [4.69, 9.17) is 0 Å². The summed E-state index contributed by atoms with van der Waals surface area (Å²) in [6.07, 6.45) is 3.30. The van der Waals surface area contributed by atoms with Gasteiger partial charge in [0.2, 0.25) is 10.0 Å². The van der Waals surface area contributed by atoms with E-state index in [-0.39, 0.29) is 6.03 Å². The van der Waals surface area contributed by atoms with Crippen molar-refractivity contribution >= 4 is 32.0 Å². The molecule has 0 saturated carbocycles. The molecule has 0 unspecified atom stereocenters. The molecule has 8 heteroatoms. The highest BCUT2D eigenvalue weighted by molar-refractivity contribution is 9.10. The molecule has 0 atom stereocenters. The van der Waals surface area contributed by atoms with E-state index in [1.165, 1.54) is 10.7 Å². The maximum absolute atomic E-state index is 12.7. The molecule has 132 valence electrons. The van der Waals surface area contributed by atoms with Crippen LogP contribution in [0.15, 0.2) is 33.6 Å². The zero-order valence-corrected chi connectivity index (χ0v) is 15.9. The molecule has 2 fully saturated rings. The molecule has 1 aromatic carbocycles. The van der Waals surface area contributed by atoms with E-state index in [1.54, 1.807) is 29.2 Å². The number of hydrogen-bond donors (Lipinski definition) is 0. The molecule has 2 amide bonds. The standard InChI is InChI=1S/C16H22BrN3O3S/c17-14-4-6-15(7-5-14)24(22,23)20-12-10-19(11-13-20)16(21)18-8-2-1-3-9-18/h4-7H,1-3,8-13H2. The SMILES string of the molecule is O=C(N1CCCCC1)N1CCN(S(=O)(=O)c2ccc(Br)cc2)CC1. The van der Waals surface area contributed by atoms with Gasteiger partial charge in [0.25, 0.3) is 0 Å². The molecule has 2 aliphatic heterocycles. The molecule has 0 radical (unpaired) electrons. The molecule has 2 aliphatic rings. The van der Waals surface area contributed by atoms with Gasteiger partial charge >= 0.3 is 6.03 Å². The van der Waals surface area contributed by atoms with Crippen LogP contribution in [0.4, 0.5) is 4.79 Å². The number of carbonyl (C=O) groups excluding carboxylic acids is 1. The Morgan fingerprint density at radius 2 is 1.38 bits per heavy atom. The van der Waals surface area contributed by atoms with E-state index in [1.807, 2.05) is 4.90 Å². The molecule has 0 N–H and O–H groups in total. The molecule has 24 heavy (non-hydrogen) atoms. The second-order valence-corrected chi connectivity index (χ2v) is 9.03. The minimum absolute atomic E-state index is 0.0513. The van der Waals surface area contributed by atoms with E-state index in [0.717, 1.165) is 30.4 Å². The molecule has 0 aromatic heterocycles. The highest BCUT2D eigenvalue weighted by atomic mass is 79.9. The van der Waals surface area contributed by atoms with Crippen molar-refractivity contribution in [2.75, 3.05) is 39.3 Å². The van der Waals surface area contributed by atoms with Gasteiger partial charge in [0.1, 0.15) is 0 Å². The fraction of sp³-hybridized carbons (Fsp3) is 0.562. The lowest BCUT2D eigenvalue weighted by Gasteiger charge is -2.38. The Kier molecular flexibility index (Phi) is 5.46. The summed E-state index contributed by atoms with van der Waals surface area (Å²) in [4.78, 5) is 16.5. The second kappa shape index (κ2) is 7.41. The Labute approximate surface area is 151 Å². The molecular weight excluding hydrogens is 394 g/mol. The molecule has 2 saturated heterocycles. The van der Waals surface area contributed by atoms with Crippen LogP contribution in [0.25, 0.3) is 0 Å². The number of sulfonamides is 1. The molecule has 0 aliphatic carbocycles. The number of nitrogens with zero attached hydrogens (tertiary/aromatic N) is 3. The van der Waals surface area contributed by atoms with Crippen molar-refractivity contribution in [1.29, 1.82) is 0 Å². The van der Waals surface area contributed by atoms with Gasteiger partial charge in [0, 0.05) is 43.7 Å². The van der Waals surface area contributed by atoms with Crippen LogP contribution in [0.1, 0.15) is 19.3 Å². The van der Waals surface area contributed by atoms with Crippen LogP contribution in [0, 0.1) is 0 Å². The number of likely N-dealkylation sites (tertiary alicyclic amines) is 1. The number of urea groups is 1. The number of halogens is 1. The zero-order chi connectivity index (χ0) is 17.2. The summed E-state index contributed by atoms with van der Waals surface area (Å²) in [7, 11) is -3.49. The number of piperazine rings is 1. The van der Waals surface area contributed by atoms with Crippen LogP contribution >= 0.6 is 15.9 Å². The third kappa shape index (κ3) is 3.75. The Morgan fingerprint density at radius 3 is 1.96 bits per heavy atom. The number of amides is 2. The predicted octanol–water partition coefficient (Wildman–Crippen LogP) is 2.36. The van der Waals surface area contributed by atoms with Crippen LogP contribution in [0.2, 0.25) is 0 Å². The van der Waals surface area contributed by atoms with Gasteiger partial charge in [-0.15, -0.1) is 0 Å². The summed E-state index contributed by atoms with van der Waals surface area (Å²) in [6.45, 7) is 3.22. The first-order chi connectivity index (χ1) is 11.5. The summed E-state index contributed by atoms with van der Waals surface area (Å²) < 4.78 is 27.7. The monoisotopic (exact) mass is 415 g/mol. The van der Waals surface area contributed by atoms with Crippen LogP contribution in [0.5, 0.6) is 0 Å². The van der Waals surface area contributed by atoms with Crippen molar-refractivity contribution in [2.45, 2.75) is 24.2 Å². The fourth-order valence-corrected chi connectivity index (χ4v) is 4.85. The molecule has 2 heterocycles. The third-order valence-electron chi connectivity index (χ3n) is 4.59. The second-order valence-electron chi connectivity index (χ2n) is 6.18. The smallest absolute Gasteiger partial charge is 0.320 e. The number of rotatable bonds is 2. The van der Waals surface area contributed by atoms with Crippen molar-refractivity contribution in [3.8, 4) is 0 Å². The largest absolute Gasteiger partial charge is 0.325 e. The average molecular weight is 416 g/mol. The van der Waals surface area contributed by atoms with Crippen LogP contribution in [0.3, 0.4) is 0 Å². The highest BCUT2D eigenvalue weighted by Gasteiger charge is 2.31. The molecule has 0 spiro atoms. The van der Waals surface area contributed by atoms with Crippen molar-refractivity contribution < 1.29 is 13.2 Å². The zero-order valence-electron chi connectivity index (χ0n) is 13.5. The Bertz CT molecular complexity index is 679. The predicted molar refractivity (Wildman–Crippen MR) is 95.3 cm³/mol. The van der Waals surface area contributed by atoms with E-state index in [0.29, 0.717) is 31.1 Å². The highest BCUT2D eigenvalue weighted by Crippen LogP contribution is 2.21. The maximum Gasteiger partial charge on any atom is 0.320 e. The Morgan fingerprint density at radius 1 is 0.833 bits per heavy atom. The van der Waals surface area contributed by atoms with Crippen LogP contribution in [-0.4, -0.2) is 67.8 Å². The molecule has 1 aromatic rings. The van der Waals surface area contributed by atoms with Gasteiger partial charge in [0.15, 0.2) is 0 Å². The van der Waals surface area contributed by atoms with Crippen molar-refractivity contribution in [1.82, 2.24) is 14.1 Å². The van der Waals surface area contributed by atoms with Crippen LogP contribution in [-0.2, 0) is 10.0 Å². The summed E-state index contributed by atoms with van der Waals surface area (Å²) >= 11 is 3.31. The van der Waals surface area contributed by atoms with Gasteiger partial charge in [0.05, 0.1) is 4.90 Å². The van der Waals surface area contributed by atoms with Crippen molar-refractivity contribution in [3.05, 3.63) is 28.7 Å². The minimum atomic E-state index is -3.49. The summed E-state index contributed by atoms with van der Waals surface area (Å²) in [5.41, 5.74) is 0. The lowest BCUT2D eigenvalue weighted by Crippen LogP contribution is -2.54. The summed E-state index contributed by atoms with van der Waals surface area (Å²) in [6, 6.07) is 6.71. The fourth-order valence-electron chi connectivity index (χ4n) is 3.16. The molecular formula is C16H22BrN3O3S. The maximum atomic E-state index is 12.7. The topological polar surface area (TPSA) is 60.9 Å². The third-order valence-corrected chi connectivity index (χ3v) is 7.03. The Hall–Kier alpha value is -1.12. The first kappa shape index (κ1) is 17.7. The van der Waals surface area contributed by atoms with Crippen molar-refractivity contribution in [3.63, 3.8) is 0 Å². The summed E-state index contributed by atoms with van der Waals surface area (Å²) in [5, 5.41) is 0.